The first-order valence-corrected chi connectivity index (χ1v) is 9.14. The zero-order valence-corrected chi connectivity index (χ0v) is 16.0. The molecule has 0 spiro atoms. The largest absolute Gasteiger partial charge is 0.301 e. The van der Waals surface area contributed by atoms with Gasteiger partial charge in [-0.25, -0.2) is 0 Å². The Labute approximate surface area is 157 Å². The molecule has 0 bridgehead atoms. The molecular weight excluding hydrogens is 330 g/mol. The number of aryl methyl sites for hydroxylation is 1. The Balaban J connectivity index is 0.00000225. The molecule has 1 atom stereocenters. The van der Waals surface area contributed by atoms with E-state index >= 15 is 0 Å². The fraction of sp³-hybridized carbons (Fsp3) is 0.409. The van der Waals surface area contributed by atoms with Crippen LogP contribution in [0.3, 0.4) is 0 Å². The third kappa shape index (κ3) is 4.50. The molecule has 1 unspecified atom stereocenters. The third-order valence-electron chi connectivity index (χ3n) is 5.30. The van der Waals surface area contributed by atoms with Gasteiger partial charge in [-0.15, -0.1) is 12.4 Å². The summed E-state index contributed by atoms with van der Waals surface area (Å²) < 4.78 is 0. The van der Waals surface area contributed by atoms with Crippen LogP contribution in [0.25, 0.3) is 0 Å². The number of fused-ring (bicyclic) bond motifs is 1. The van der Waals surface area contributed by atoms with E-state index in [2.05, 4.69) is 30.9 Å². The van der Waals surface area contributed by atoms with E-state index in [9.17, 15) is 4.79 Å². The highest BCUT2D eigenvalue weighted by Crippen LogP contribution is 2.28. The van der Waals surface area contributed by atoms with E-state index in [0.717, 1.165) is 37.1 Å². The van der Waals surface area contributed by atoms with Crippen molar-refractivity contribution in [2.24, 2.45) is 0 Å². The maximum atomic E-state index is 12.9. The van der Waals surface area contributed by atoms with Gasteiger partial charge >= 0.3 is 0 Å². The quantitative estimate of drug-likeness (QED) is 0.696. The van der Waals surface area contributed by atoms with Crippen LogP contribution in [0.1, 0.15) is 47.3 Å². The van der Waals surface area contributed by atoms with E-state index in [0.29, 0.717) is 12.5 Å². The van der Waals surface area contributed by atoms with Crippen molar-refractivity contribution in [1.82, 2.24) is 4.90 Å². The van der Waals surface area contributed by atoms with Gasteiger partial charge in [0.05, 0.1) is 0 Å². The van der Waals surface area contributed by atoms with E-state index < -0.39 is 0 Å². The molecular formula is C22H28ClNO. The van der Waals surface area contributed by atoms with Gasteiger partial charge in [-0.2, -0.15) is 0 Å². The predicted octanol–water partition coefficient (Wildman–Crippen LogP) is 4.73. The van der Waals surface area contributed by atoms with Crippen LogP contribution in [0.4, 0.5) is 0 Å². The number of carbonyl (C=O) groups excluding carboxylic acids is 1. The Morgan fingerprint density at radius 1 is 1.04 bits per heavy atom. The minimum absolute atomic E-state index is 0. The molecule has 0 aromatic heterocycles. The Morgan fingerprint density at radius 2 is 1.76 bits per heavy atom. The molecule has 2 aromatic carbocycles. The lowest BCUT2D eigenvalue weighted by molar-refractivity contribution is 0.0990. The Bertz CT molecular complexity index is 694. The maximum absolute atomic E-state index is 12.9. The predicted molar refractivity (Wildman–Crippen MR) is 107 cm³/mol. The third-order valence-corrected chi connectivity index (χ3v) is 5.30. The number of hydrogen-bond donors (Lipinski definition) is 0. The summed E-state index contributed by atoms with van der Waals surface area (Å²) in [7, 11) is 0. The molecule has 2 aromatic rings. The van der Waals surface area contributed by atoms with Crippen LogP contribution in [0.5, 0.6) is 0 Å². The van der Waals surface area contributed by atoms with Gasteiger partial charge in [0.1, 0.15) is 0 Å². The van der Waals surface area contributed by atoms with E-state index in [4.69, 9.17) is 0 Å². The van der Waals surface area contributed by atoms with Crippen molar-refractivity contribution in [1.29, 1.82) is 0 Å². The summed E-state index contributed by atoms with van der Waals surface area (Å²) in [5, 5.41) is 0. The normalized spacial score (nSPS) is 16.2. The molecule has 1 aliphatic carbocycles. The minimum atomic E-state index is 0. The van der Waals surface area contributed by atoms with Crippen molar-refractivity contribution in [3.05, 3.63) is 70.8 Å². The molecule has 1 aliphatic rings. The van der Waals surface area contributed by atoms with Gasteiger partial charge < -0.3 is 4.90 Å². The van der Waals surface area contributed by atoms with E-state index in [1.807, 2.05) is 36.4 Å². The number of Topliss-reactive ketones (excluding diaryl/α,β-unsaturated/α-hetero) is 1. The summed E-state index contributed by atoms with van der Waals surface area (Å²) in [5.41, 5.74) is 4.70. The first-order valence-electron chi connectivity index (χ1n) is 9.14. The molecule has 0 saturated carbocycles. The minimum Gasteiger partial charge on any atom is -0.301 e. The average Bonchev–Trinajstić information content (AvgIpc) is 2.63. The molecule has 0 saturated heterocycles. The van der Waals surface area contributed by atoms with Crippen molar-refractivity contribution in [2.45, 2.75) is 45.6 Å². The van der Waals surface area contributed by atoms with Gasteiger partial charge in [-0.1, -0.05) is 62.4 Å². The van der Waals surface area contributed by atoms with Crippen molar-refractivity contribution in [3.8, 4) is 0 Å². The SMILES string of the molecule is CCN(CC)C1CCc2cccc(C(=O)Cc3ccccc3)c2C1.Cl. The van der Waals surface area contributed by atoms with Crippen LogP contribution in [-0.2, 0) is 19.3 Å². The van der Waals surface area contributed by atoms with Gasteiger partial charge in [-0.05, 0) is 49.0 Å². The van der Waals surface area contributed by atoms with Crippen LogP contribution >= 0.6 is 12.4 Å². The highest BCUT2D eigenvalue weighted by molar-refractivity contribution is 5.99. The van der Waals surface area contributed by atoms with Crippen LogP contribution in [0.15, 0.2) is 48.5 Å². The van der Waals surface area contributed by atoms with Crippen LogP contribution in [-0.4, -0.2) is 29.8 Å². The highest BCUT2D eigenvalue weighted by Gasteiger charge is 2.26. The van der Waals surface area contributed by atoms with Gasteiger partial charge in [-0.3, -0.25) is 4.79 Å². The molecule has 0 aliphatic heterocycles. The molecule has 0 N–H and O–H groups in total. The second kappa shape index (κ2) is 9.17. The Kier molecular flexibility index (Phi) is 7.22. The second-order valence-corrected chi connectivity index (χ2v) is 6.65. The number of halogens is 1. The van der Waals surface area contributed by atoms with Crippen LogP contribution < -0.4 is 0 Å². The first kappa shape index (κ1) is 19.7. The molecule has 134 valence electrons. The second-order valence-electron chi connectivity index (χ2n) is 6.65. The summed E-state index contributed by atoms with van der Waals surface area (Å²) in [6, 6.07) is 16.9. The van der Waals surface area contributed by atoms with Gasteiger partial charge in [0.15, 0.2) is 5.78 Å². The fourth-order valence-electron chi connectivity index (χ4n) is 3.96. The lowest BCUT2D eigenvalue weighted by atomic mass is 9.83. The van der Waals surface area contributed by atoms with Crippen LogP contribution in [0, 0.1) is 0 Å². The summed E-state index contributed by atoms with van der Waals surface area (Å²) in [6.45, 7) is 6.62. The number of nitrogens with zero attached hydrogens (tertiary/aromatic N) is 1. The van der Waals surface area contributed by atoms with E-state index in [1.165, 1.54) is 17.5 Å². The number of carbonyl (C=O) groups is 1. The maximum Gasteiger partial charge on any atom is 0.167 e. The van der Waals surface area contributed by atoms with Gasteiger partial charge in [0, 0.05) is 18.0 Å². The molecule has 3 rings (SSSR count). The lowest BCUT2D eigenvalue weighted by Crippen LogP contribution is -2.39. The van der Waals surface area contributed by atoms with Crippen molar-refractivity contribution in [3.63, 3.8) is 0 Å². The lowest BCUT2D eigenvalue weighted by Gasteiger charge is -2.34. The number of hydrogen-bond acceptors (Lipinski definition) is 2. The Morgan fingerprint density at radius 3 is 2.44 bits per heavy atom. The number of rotatable bonds is 6. The smallest absolute Gasteiger partial charge is 0.167 e. The molecule has 0 heterocycles. The molecule has 0 fully saturated rings. The van der Waals surface area contributed by atoms with E-state index in [-0.39, 0.29) is 18.2 Å². The number of likely N-dealkylation sites (N-methyl/N-ethyl adjacent to an activating group) is 1. The van der Waals surface area contributed by atoms with E-state index in [1.54, 1.807) is 0 Å². The molecule has 25 heavy (non-hydrogen) atoms. The Hall–Kier alpha value is -1.64. The van der Waals surface area contributed by atoms with Gasteiger partial charge in [0.2, 0.25) is 0 Å². The van der Waals surface area contributed by atoms with Crippen molar-refractivity contribution < 1.29 is 4.79 Å². The highest BCUT2D eigenvalue weighted by atomic mass is 35.5. The fourth-order valence-corrected chi connectivity index (χ4v) is 3.96. The first-order chi connectivity index (χ1) is 11.7. The van der Waals surface area contributed by atoms with Crippen LogP contribution in [0.2, 0.25) is 0 Å². The molecule has 2 nitrogen and oxygen atoms in total. The number of benzene rings is 2. The molecule has 3 heteroatoms. The van der Waals surface area contributed by atoms with Crippen molar-refractivity contribution >= 4 is 18.2 Å². The summed E-state index contributed by atoms with van der Waals surface area (Å²) in [5.74, 6) is 0.248. The zero-order valence-electron chi connectivity index (χ0n) is 15.2. The van der Waals surface area contributed by atoms with Gasteiger partial charge in [0.25, 0.3) is 0 Å². The topological polar surface area (TPSA) is 20.3 Å². The average molecular weight is 358 g/mol. The number of ketones is 1. The standard InChI is InChI=1S/C22H27NO.ClH/c1-3-23(4-2)19-14-13-18-11-8-12-20(21(18)16-19)22(24)15-17-9-6-5-7-10-17;/h5-12,19H,3-4,13-16H2,1-2H3;1H. The summed E-state index contributed by atoms with van der Waals surface area (Å²) in [4.78, 5) is 15.4. The molecule has 0 radical (unpaired) electrons. The molecule has 0 amide bonds. The monoisotopic (exact) mass is 357 g/mol. The summed E-state index contributed by atoms with van der Waals surface area (Å²) >= 11 is 0. The van der Waals surface area contributed by atoms with Crippen molar-refractivity contribution in [2.75, 3.05) is 13.1 Å². The summed E-state index contributed by atoms with van der Waals surface area (Å²) in [6.07, 6.45) is 3.79. The zero-order chi connectivity index (χ0) is 16.9.